The number of rotatable bonds is 5. The molecule has 0 amide bonds. The van der Waals surface area contributed by atoms with E-state index in [2.05, 4.69) is 41.7 Å². The van der Waals surface area contributed by atoms with Crippen molar-refractivity contribution in [2.45, 2.75) is 19.8 Å². The Hall–Kier alpha value is -1.47. The Morgan fingerprint density at radius 2 is 1.83 bits per heavy atom. The van der Waals surface area contributed by atoms with Gasteiger partial charge in [0.05, 0.1) is 0 Å². The Morgan fingerprint density at radius 3 is 2.56 bits per heavy atom. The van der Waals surface area contributed by atoms with Crippen LogP contribution in [0.3, 0.4) is 0 Å². The zero-order valence-electron chi connectivity index (χ0n) is 10.6. The van der Waals surface area contributed by atoms with Crippen molar-refractivity contribution in [3.05, 3.63) is 64.7 Å². The number of hydrogen-bond donors (Lipinski definition) is 1. The quantitative estimate of drug-likeness (QED) is 0.768. The van der Waals surface area contributed by atoms with Crippen LogP contribution in [0.1, 0.15) is 17.5 Å². The van der Waals surface area contributed by atoms with Crippen LogP contribution >= 0.6 is 11.6 Å². The van der Waals surface area contributed by atoms with E-state index in [1.165, 1.54) is 5.56 Å². The minimum absolute atomic E-state index is 0.822. The smallest absolute Gasteiger partial charge is 0.0455 e. The Kier molecular flexibility index (Phi) is 4.66. The minimum Gasteiger partial charge on any atom is -0.385 e. The molecule has 0 fully saturated rings. The van der Waals surface area contributed by atoms with Crippen LogP contribution in [0, 0.1) is 6.92 Å². The van der Waals surface area contributed by atoms with Gasteiger partial charge in [-0.2, -0.15) is 0 Å². The highest BCUT2D eigenvalue weighted by Crippen LogP contribution is 2.19. The molecule has 94 valence electrons. The van der Waals surface area contributed by atoms with Crippen LogP contribution < -0.4 is 5.32 Å². The number of benzene rings is 2. The molecule has 0 heterocycles. The first-order chi connectivity index (χ1) is 8.75. The highest BCUT2D eigenvalue weighted by Gasteiger charge is 1.97. The lowest BCUT2D eigenvalue weighted by atomic mass is 10.1. The second kappa shape index (κ2) is 6.46. The van der Waals surface area contributed by atoms with Gasteiger partial charge >= 0.3 is 0 Å². The molecule has 2 heteroatoms. The van der Waals surface area contributed by atoms with Gasteiger partial charge in [0.15, 0.2) is 0 Å². The van der Waals surface area contributed by atoms with Gasteiger partial charge < -0.3 is 5.32 Å². The maximum absolute atomic E-state index is 6.08. The second-order valence-corrected chi connectivity index (χ2v) is 4.89. The van der Waals surface area contributed by atoms with Gasteiger partial charge in [0.2, 0.25) is 0 Å². The number of anilines is 1. The monoisotopic (exact) mass is 259 g/mol. The fourth-order valence-electron chi connectivity index (χ4n) is 1.87. The molecular weight excluding hydrogens is 242 g/mol. The van der Waals surface area contributed by atoms with E-state index in [-0.39, 0.29) is 0 Å². The highest BCUT2D eigenvalue weighted by molar-refractivity contribution is 6.31. The molecule has 2 rings (SSSR count). The van der Waals surface area contributed by atoms with Crippen LogP contribution in [0.5, 0.6) is 0 Å². The second-order valence-electron chi connectivity index (χ2n) is 4.48. The predicted molar refractivity (Wildman–Crippen MR) is 79.4 cm³/mol. The molecule has 0 bridgehead atoms. The zero-order valence-corrected chi connectivity index (χ0v) is 11.4. The fourth-order valence-corrected chi connectivity index (χ4v) is 2.05. The van der Waals surface area contributed by atoms with E-state index in [1.807, 2.05) is 19.1 Å². The average molecular weight is 260 g/mol. The Balaban J connectivity index is 1.77. The first-order valence-corrected chi connectivity index (χ1v) is 6.67. The largest absolute Gasteiger partial charge is 0.385 e. The van der Waals surface area contributed by atoms with E-state index in [0.717, 1.165) is 35.7 Å². The molecule has 0 spiro atoms. The summed E-state index contributed by atoms with van der Waals surface area (Å²) in [6.07, 6.45) is 2.23. The molecule has 0 aliphatic heterocycles. The summed E-state index contributed by atoms with van der Waals surface area (Å²) in [5.74, 6) is 0. The lowest BCUT2D eigenvalue weighted by Gasteiger charge is -2.08. The van der Waals surface area contributed by atoms with E-state index >= 15 is 0 Å². The van der Waals surface area contributed by atoms with E-state index in [1.54, 1.807) is 0 Å². The molecule has 0 unspecified atom stereocenters. The summed E-state index contributed by atoms with van der Waals surface area (Å²) in [7, 11) is 0. The van der Waals surface area contributed by atoms with Crippen molar-refractivity contribution in [2.24, 2.45) is 0 Å². The Bertz CT molecular complexity index is 494. The first kappa shape index (κ1) is 13.0. The third-order valence-corrected chi connectivity index (χ3v) is 3.39. The van der Waals surface area contributed by atoms with Gasteiger partial charge in [0, 0.05) is 17.3 Å². The third kappa shape index (κ3) is 3.78. The molecule has 0 saturated heterocycles. The molecule has 0 saturated carbocycles. The first-order valence-electron chi connectivity index (χ1n) is 6.29. The summed E-state index contributed by atoms with van der Waals surface area (Å²) < 4.78 is 0. The number of halogens is 1. The summed E-state index contributed by atoms with van der Waals surface area (Å²) in [4.78, 5) is 0. The Morgan fingerprint density at radius 1 is 1.06 bits per heavy atom. The van der Waals surface area contributed by atoms with Crippen molar-refractivity contribution in [2.75, 3.05) is 11.9 Å². The molecule has 0 aromatic heterocycles. The van der Waals surface area contributed by atoms with Crippen molar-refractivity contribution >= 4 is 17.3 Å². The van der Waals surface area contributed by atoms with E-state index in [0.29, 0.717) is 0 Å². The number of nitrogens with one attached hydrogen (secondary N) is 1. The van der Waals surface area contributed by atoms with Gasteiger partial charge in [-0.05, 0) is 43.0 Å². The van der Waals surface area contributed by atoms with Crippen molar-refractivity contribution in [1.82, 2.24) is 0 Å². The topological polar surface area (TPSA) is 12.0 Å². The standard InChI is InChI=1S/C16H18ClN/c1-13-9-10-15(12-16(13)17)18-11-5-8-14-6-3-2-4-7-14/h2-4,6-7,9-10,12,18H,5,8,11H2,1H3. The molecule has 0 atom stereocenters. The molecule has 1 N–H and O–H groups in total. The average Bonchev–Trinajstić information content (AvgIpc) is 2.40. The van der Waals surface area contributed by atoms with Crippen LogP contribution in [-0.4, -0.2) is 6.54 Å². The lowest BCUT2D eigenvalue weighted by Crippen LogP contribution is -2.03. The van der Waals surface area contributed by atoms with Crippen LogP contribution in [0.15, 0.2) is 48.5 Å². The van der Waals surface area contributed by atoms with Gasteiger partial charge in [-0.15, -0.1) is 0 Å². The molecule has 1 nitrogen and oxygen atoms in total. The van der Waals surface area contributed by atoms with E-state index < -0.39 is 0 Å². The molecule has 2 aromatic rings. The van der Waals surface area contributed by atoms with E-state index in [9.17, 15) is 0 Å². The third-order valence-electron chi connectivity index (χ3n) is 2.99. The summed E-state index contributed by atoms with van der Waals surface area (Å²) in [6.45, 7) is 2.98. The van der Waals surface area contributed by atoms with Crippen LogP contribution in [0.2, 0.25) is 5.02 Å². The van der Waals surface area contributed by atoms with Gasteiger partial charge in [-0.3, -0.25) is 0 Å². The summed E-state index contributed by atoms with van der Waals surface area (Å²) >= 11 is 6.08. The number of hydrogen-bond acceptors (Lipinski definition) is 1. The van der Waals surface area contributed by atoms with E-state index in [4.69, 9.17) is 11.6 Å². The lowest BCUT2D eigenvalue weighted by molar-refractivity contribution is 0.863. The van der Waals surface area contributed by atoms with Crippen LogP contribution in [0.25, 0.3) is 0 Å². The molecule has 0 aliphatic rings. The van der Waals surface area contributed by atoms with Crippen molar-refractivity contribution in [3.8, 4) is 0 Å². The maximum Gasteiger partial charge on any atom is 0.0455 e. The fraction of sp³-hybridized carbons (Fsp3) is 0.250. The molecule has 0 aliphatic carbocycles. The summed E-state index contributed by atoms with van der Waals surface area (Å²) in [6, 6.07) is 16.7. The van der Waals surface area contributed by atoms with Gasteiger partial charge in [-0.1, -0.05) is 48.0 Å². The Labute approximate surface area is 114 Å². The van der Waals surface area contributed by atoms with Crippen molar-refractivity contribution in [1.29, 1.82) is 0 Å². The molecule has 18 heavy (non-hydrogen) atoms. The van der Waals surface area contributed by atoms with Gasteiger partial charge in [-0.25, -0.2) is 0 Å². The van der Waals surface area contributed by atoms with Gasteiger partial charge in [0.25, 0.3) is 0 Å². The summed E-state index contributed by atoms with van der Waals surface area (Å²) in [5.41, 5.74) is 3.60. The van der Waals surface area contributed by atoms with Crippen LogP contribution in [0.4, 0.5) is 5.69 Å². The molecular formula is C16H18ClN. The van der Waals surface area contributed by atoms with Crippen molar-refractivity contribution in [3.63, 3.8) is 0 Å². The highest BCUT2D eigenvalue weighted by atomic mass is 35.5. The summed E-state index contributed by atoms with van der Waals surface area (Å²) in [5, 5.41) is 4.22. The van der Waals surface area contributed by atoms with Crippen LogP contribution in [-0.2, 0) is 6.42 Å². The molecule has 0 radical (unpaired) electrons. The minimum atomic E-state index is 0.822. The SMILES string of the molecule is Cc1ccc(NCCCc2ccccc2)cc1Cl. The molecule has 2 aromatic carbocycles. The number of aryl methyl sites for hydroxylation is 2. The maximum atomic E-state index is 6.08. The predicted octanol–water partition coefficient (Wildman–Crippen LogP) is 4.69. The van der Waals surface area contributed by atoms with Gasteiger partial charge in [0.1, 0.15) is 0 Å². The zero-order chi connectivity index (χ0) is 12.8. The normalized spacial score (nSPS) is 10.3. The van der Waals surface area contributed by atoms with Crippen molar-refractivity contribution < 1.29 is 0 Å².